The maximum atomic E-state index is 12.3. The Labute approximate surface area is 115 Å². The van der Waals surface area contributed by atoms with Crippen molar-refractivity contribution in [2.45, 2.75) is 46.2 Å². The number of carbonyl (C=O) groups is 2. The van der Waals surface area contributed by atoms with E-state index in [1.807, 2.05) is 20.8 Å². The Kier molecular flexibility index (Phi) is 4.61. The molecule has 1 saturated heterocycles. The summed E-state index contributed by atoms with van der Waals surface area (Å²) in [6, 6.07) is -0.389. The molecule has 2 atom stereocenters. The summed E-state index contributed by atoms with van der Waals surface area (Å²) in [5, 5.41) is 5.90. The lowest BCUT2D eigenvalue weighted by Gasteiger charge is -2.28. The Morgan fingerprint density at radius 3 is 2.47 bits per heavy atom. The van der Waals surface area contributed by atoms with E-state index in [2.05, 4.69) is 17.2 Å². The van der Waals surface area contributed by atoms with Crippen LogP contribution in [0.25, 0.3) is 0 Å². The molecule has 1 aliphatic heterocycles. The van der Waals surface area contributed by atoms with Crippen molar-refractivity contribution >= 4 is 11.8 Å². The van der Waals surface area contributed by atoms with Crippen molar-refractivity contribution < 1.29 is 9.59 Å². The van der Waals surface area contributed by atoms with Gasteiger partial charge in [0.25, 0.3) is 0 Å². The second kappa shape index (κ2) is 5.63. The molecular formula is C14H25N3O2. The fourth-order valence-corrected chi connectivity index (χ4v) is 1.93. The van der Waals surface area contributed by atoms with E-state index < -0.39 is 11.5 Å². The highest BCUT2D eigenvalue weighted by Crippen LogP contribution is 2.16. The summed E-state index contributed by atoms with van der Waals surface area (Å²) in [6.45, 7) is 11.8. The molecule has 0 aromatic rings. The molecule has 2 N–H and O–H groups in total. The summed E-state index contributed by atoms with van der Waals surface area (Å²) < 4.78 is 0. The summed E-state index contributed by atoms with van der Waals surface area (Å²) in [4.78, 5) is 25.8. The molecule has 1 heterocycles. The smallest absolute Gasteiger partial charge is 0.244 e. The van der Waals surface area contributed by atoms with Crippen molar-refractivity contribution in [3.05, 3.63) is 12.3 Å². The van der Waals surface area contributed by atoms with Crippen LogP contribution in [-0.4, -0.2) is 42.4 Å². The fraction of sp³-hybridized carbons (Fsp3) is 0.714. The second-order valence-corrected chi connectivity index (χ2v) is 6.24. The molecule has 0 saturated carbocycles. The molecule has 0 unspecified atom stereocenters. The maximum Gasteiger partial charge on any atom is 0.244 e. The van der Waals surface area contributed by atoms with Gasteiger partial charge in [-0.1, -0.05) is 27.4 Å². The quantitative estimate of drug-likeness (QED) is 0.797. The third-order valence-electron chi connectivity index (χ3n) is 3.36. The molecule has 1 aliphatic rings. The maximum absolute atomic E-state index is 12.3. The van der Waals surface area contributed by atoms with E-state index in [1.54, 1.807) is 18.9 Å². The molecule has 5 heteroatoms. The molecular weight excluding hydrogens is 242 g/mol. The lowest BCUT2D eigenvalue weighted by Crippen LogP contribution is -2.51. The van der Waals surface area contributed by atoms with Crippen LogP contribution in [0.2, 0.25) is 0 Å². The zero-order valence-electron chi connectivity index (χ0n) is 12.5. The van der Waals surface area contributed by atoms with E-state index >= 15 is 0 Å². The van der Waals surface area contributed by atoms with Crippen molar-refractivity contribution in [3.8, 4) is 0 Å². The molecule has 0 aliphatic carbocycles. The first-order valence-corrected chi connectivity index (χ1v) is 6.62. The van der Waals surface area contributed by atoms with Crippen molar-refractivity contribution in [3.63, 3.8) is 0 Å². The zero-order valence-corrected chi connectivity index (χ0v) is 12.5. The molecule has 0 aromatic carbocycles. The predicted octanol–water partition coefficient (Wildman–Crippen LogP) is 0.871. The molecule has 2 amide bonds. The third-order valence-corrected chi connectivity index (χ3v) is 3.36. The number of nitrogens with zero attached hydrogens (tertiary/aromatic N) is 1. The van der Waals surface area contributed by atoms with Gasteiger partial charge in [-0.25, -0.2) is 0 Å². The average Bonchev–Trinajstić information content (AvgIpc) is 2.72. The second-order valence-electron chi connectivity index (χ2n) is 6.24. The number of rotatable bonds is 3. The third kappa shape index (κ3) is 3.98. The molecule has 108 valence electrons. The van der Waals surface area contributed by atoms with Crippen LogP contribution in [0.15, 0.2) is 12.3 Å². The Bertz CT molecular complexity index is 385. The van der Waals surface area contributed by atoms with Crippen LogP contribution in [0.3, 0.4) is 0 Å². The highest BCUT2D eigenvalue weighted by molar-refractivity contribution is 5.89. The summed E-state index contributed by atoms with van der Waals surface area (Å²) in [7, 11) is 1.77. The Balaban J connectivity index is 2.57. The van der Waals surface area contributed by atoms with Crippen LogP contribution < -0.4 is 10.6 Å². The van der Waals surface area contributed by atoms with Crippen molar-refractivity contribution in [2.75, 3.05) is 13.6 Å². The molecule has 0 radical (unpaired) electrons. The topological polar surface area (TPSA) is 61.4 Å². The molecule has 19 heavy (non-hydrogen) atoms. The molecule has 5 nitrogen and oxygen atoms in total. The Hall–Kier alpha value is -1.52. The van der Waals surface area contributed by atoms with Crippen LogP contribution in [0.1, 0.15) is 34.1 Å². The average molecular weight is 267 g/mol. The van der Waals surface area contributed by atoms with Crippen LogP contribution in [-0.2, 0) is 9.59 Å². The van der Waals surface area contributed by atoms with E-state index in [4.69, 9.17) is 0 Å². The largest absolute Gasteiger partial charge is 0.387 e. The summed E-state index contributed by atoms with van der Waals surface area (Å²) in [5.41, 5.74) is 0.465. The van der Waals surface area contributed by atoms with Crippen LogP contribution in [0.5, 0.6) is 0 Å². The minimum atomic E-state index is -0.509. The van der Waals surface area contributed by atoms with Gasteiger partial charge in [0.1, 0.15) is 6.04 Å². The highest BCUT2D eigenvalue weighted by Gasteiger charge is 2.30. The van der Waals surface area contributed by atoms with Gasteiger partial charge in [-0.15, -0.1) is 0 Å². The molecule has 0 aromatic heterocycles. The van der Waals surface area contributed by atoms with Gasteiger partial charge >= 0.3 is 0 Å². The fourth-order valence-electron chi connectivity index (χ4n) is 1.93. The monoisotopic (exact) mass is 267 g/mol. The van der Waals surface area contributed by atoms with E-state index in [-0.39, 0.29) is 17.9 Å². The van der Waals surface area contributed by atoms with Gasteiger partial charge in [-0.05, 0) is 6.92 Å². The van der Waals surface area contributed by atoms with Crippen molar-refractivity contribution in [1.82, 2.24) is 15.5 Å². The lowest BCUT2D eigenvalue weighted by molar-refractivity contribution is -0.138. The standard InChI is InChI=1S/C14H25N3O2/c1-9-7-11(8-15-9)17(6)12(18)10(2)16-13(19)14(3,4)5/h10-11,15H,1,7-8H2,2-6H3,(H,16,19)/t10-,11+/m0/s1. The number of nitrogens with one attached hydrogen (secondary N) is 2. The van der Waals surface area contributed by atoms with Gasteiger partial charge in [0.15, 0.2) is 0 Å². The van der Waals surface area contributed by atoms with E-state index in [0.29, 0.717) is 0 Å². The van der Waals surface area contributed by atoms with Crippen molar-refractivity contribution in [1.29, 1.82) is 0 Å². The normalized spacial score (nSPS) is 20.7. The number of hydrogen-bond acceptors (Lipinski definition) is 3. The molecule has 0 bridgehead atoms. The lowest BCUT2D eigenvalue weighted by atomic mass is 9.95. The predicted molar refractivity (Wildman–Crippen MR) is 75.4 cm³/mol. The summed E-state index contributed by atoms with van der Waals surface area (Å²) in [5.74, 6) is -0.185. The zero-order chi connectivity index (χ0) is 14.8. The highest BCUT2D eigenvalue weighted by atomic mass is 16.2. The minimum Gasteiger partial charge on any atom is -0.387 e. The summed E-state index contributed by atoms with van der Waals surface area (Å²) in [6.07, 6.45) is 0.766. The van der Waals surface area contributed by atoms with Gasteiger partial charge in [-0.2, -0.15) is 0 Å². The van der Waals surface area contributed by atoms with Gasteiger partial charge in [0, 0.05) is 31.1 Å². The molecule has 0 spiro atoms. The van der Waals surface area contributed by atoms with E-state index in [0.717, 1.165) is 18.7 Å². The number of carbonyl (C=O) groups excluding carboxylic acids is 2. The van der Waals surface area contributed by atoms with E-state index in [9.17, 15) is 9.59 Å². The molecule has 1 fully saturated rings. The molecule has 1 rings (SSSR count). The first-order chi connectivity index (χ1) is 8.62. The van der Waals surface area contributed by atoms with Gasteiger partial charge in [-0.3, -0.25) is 9.59 Å². The van der Waals surface area contributed by atoms with Crippen LogP contribution >= 0.6 is 0 Å². The summed E-state index contributed by atoms with van der Waals surface area (Å²) >= 11 is 0. The van der Waals surface area contributed by atoms with Gasteiger partial charge in [0.2, 0.25) is 11.8 Å². The number of likely N-dealkylation sites (N-methyl/N-ethyl adjacent to an activating group) is 1. The number of hydrogen-bond donors (Lipinski definition) is 2. The SMILES string of the molecule is C=C1C[C@@H](N(C)C(=O)[C@H](C)NC(=O)C(C)(C)C)CN1. The van der Waals surface area contributed by atoms with Crippen LogP contribution in [0.4, 0.5) is 0 Å². The van der Waals surface area contributed by atoms with Gasteiger partial charge < -0.3 is 15.5 Å². The minimum absolute atomic E-state index is 0.0703. The number of amides is 2. The first-order valence-electron chi connectivity index (χ1n) is 6.62. The Morgan fingerprint density at radius 1 is 1.47 bits per heavy atom. The van der Waals surface area contributed by atoms with Crippen molar-refractivity contribution in [2.24, 2.45) is 5.41 Å². The van der Waals surface area contributed by atoms with E-state index in [1.165, 1.54) is 0 Å². The Morgan fingerprint density at radius 2 is 2.05 bits per heavy atom. The van der Waals surface area contributed by atoms with Gasteiger partial charge in [0.05, 0.1) is 6.04 Å². The first kappa shape index (κ1) is 15.5. The van der Waals surface area contributed by atoms with Crippen LogP contribution in [0, 0.1) is 5.41 Å².